The van der Waals surface area contributed by atoms with Crippen molar-refractivity contribution >= 4 is 23.3 Å². The van der Waals surface area contributed by atoms with Gasteiger partial charge in [0.1, 0.15) is 5.82 Å². The van der Waals surface area contributed by atoms with Crippen LogP contribution in [-0.2, 0) is 6.42 Å². The van der Waals surface area contributed by atoms with E-state index in [0.717, 1.165) is 22.3 Å². The van der Waals surface area contributed by atoms with Gasteiger partial charge in [0.15, 0.2) is 4.34 Å². The number of rotatable bonds is 5. The van der Waals surface area contributed by atoms with E-state index in [1.54, 1.807) is 11.8 Å². The van der Waals surface area contributed by atoms with Gasteiger partial charge in [0.25, 0.3) is 0 Å². The summed E-state index contributed by atoms with van der Waals surface area (Å²) in [5, 5.41) is 0. The molecule has 0 amide bonds. The third kappa shape index (κ3) is 3.59. The molecule has 1 atom stereocenters. The van der Waals surface area contributed by atoms with Crippen molar-refractivity contribution in [2.24, 2.45) is 5.73 Å². The van der Waals surface area contributed by atoms with Crippen molar-refractivity contribution in [1.82, 2.24) is 9.36 Å². The largest absolute Gasteiger partial charge is 0.323 e. The Hall–Kier alpha value is -0.910. The fourth-order valence-corrected chi connectivity index (χ4v) is 4.15. The summed E-state index contributed by atoms with van der Waals surface area (Å²) < 4.78 is 5.31. The summed E-state index contributed by atoms with van der Waals surface area (Å²) in [4.78, 5) is 4.47. The first-order valence-electron chi connectivity index (χ1n) is 6.80. The molecule has 0 aliphatic rings. The van der Waals surface area contributed by atoms with E-state index in [1.165, 1.54) is 33.8 Å². The van der Waals surface area contributed by atoms with Crippen LogP contribution in [0.15, 0.2) is 16.5 Å². The Bertz CT molecular complexity index is 570. The summed E-state index contributed by atoms with van der Waals surface area (Å²) >= 11 is 3.17. The Kier molecular flexibility index (Phi) is 5.18. The molecule has 1 unspecified atom stereocenters. The van der Waals surface area contributed by atoms with Crippen molar-refractivity contribution in [1.29, 1.82) is 0 Å². The summed E-state index contributed by atoms with van der Waals surface area (Å²) in [5.74, 6) is 1.76. The van der Waals surface area contributed by atoms with E-state index < -0.39 is 0 Å². The molecule has 3 nitrogen and oxygen atoms in total. The topological polar surface area (TPSA) is 51.8 Å². The predicted molar refractivity (Wildman–Crippen MR) is 87.6 cm³/mol. The summed E-state index contributed by atoms with van der Waals surface area (Å²) in [7, 11) is 0. The monoisotopic (exact) mass is 307 g/mol. The molecule has 0 aliphatic carbocycles. The minimum atomic E-state index is 0.0366. The summed E-state index contributed by atoms with van der Waals surface area (Å²) in [6.07, 6.45) is 0.888. The van der Waals surface area contributed by atoms with Crippen molar-refractivity contribution in [3.8, 4) is 0 Å². The Balaban J connectivity index is 2.06. The van der Waals surface area contributed by atoms with Crippen LogP contribution >= 0.6 is 23.3 Å². The maximum absolute atomic E-state index is 6.37. The van der Waals surface area contributed by atoms with Crippen molar-refractivity contribution in [2.75, 3.05) is 5.75 Å². The second-order valence-corrected chi connectivity index (χ2v) is 7.08. The predicted octanol–water partition coefficient (Wildman–Crippen LogP) is 3.82. The Morgan fingerprint density at radius 3 is 2.45 bits per heavy atom. The maximum Gasteiger partial charge on any atom is 0.170 e. The molecule has 2 aromatic rings. The highest BCUT2D eigenvalue weighted by molar-refractivity contribution is 8.00. The molecule has 0 saturated carbocycles. The lowest BCUT2D eigenvalue weighted by Gasteiger charge is -2.17. The van der Waals surface area contributed by atoms with Crippen LogP contribution in [0.3, 0.4) is 0 Å². The fraction of sp³-hybridized carbons (Fsp3) is 0.467. The number of aromatic nitrogens is 2. The molecule has 0 aliphatic heterocycles. The average Bonchev–Trinajstić information content (AvgIpc) is 2.83. The van der Waals surface area contributed by atoms with Crippen LogP contribution in [0.1, 0.15) is 41.0 Å². The highest BCUT2D eigenvalue weighted by Crippen LogP contribution is 2.28. The lowest BCUT2D eigenvalue weighted by molar-refractivity contribution is 0.812. The lowest BCUT2D eigenvalue weighted by Crippen LogP contribution is -2.16. The summed E-state index contributed by atoms with van der Waals surface area (Å²) in [6, 6.07) is 4.44. The number of aryl methyl sites for hydroxylation is 4. The molecule has 1 aromatic carbocycles. The first-order chi connectivity index (χ1) is 9.51. The van der Waals surface area contributed by atoms with Crippen LogP contribution in [0, 0.1) is 20.8 Å². The van der Waals surface area contributed by atoms with Crippen LogP contribution in [0.25, 0.3) is 0 Å². The van der Waals surface area contributed by atoms with Crippen LogP contribution in [0.5, 0.6) is 0 Å². The molecule has 5 heteroatoms. The van der Waals surface area contributed by atoms with E-state index in [-0.39, 0.29) is 6.04 Å². The second kappa shape index (κ2) is 6.70. The van der Waals surface area contributed by atoms with E-state index in [9.17, 15) is 0 Å². The molecule has 0 saturated heterocycles. The smallest absolute Gasteiger partial charge is 0.170 e. The van der Waals surface area contributed by atoms with E-state index in [2.05, 4.69) is 49.2 Å². The Labute approximate surface area is 129 Å². The van der Waals surface area contributed by atoms with Gasteiger partial charge in [-0.05, 0) is 49.0 Å². The zero-order valence-electron chi connectivity index (χ0n) is 12.4. The van der Waals surface area contributed by atoms with Gasteiger partial charge in [0.05, 0.1) is 0 Å². The Morgan fingerprint density at radius 2 is 1.90 bits per heavy atom. The van der Waals surface area contributed by atoms with Crippen molar-refractivity contribution in [2.45, 2.75) is 44.5 Å². The van der Waals surface area contributed by atoms with E-state index in [0.29, 0.717) is 0 Å². The van der Waals surface area contributed by atoms with Crippen molar-refractivity contribution in [3.63, 3.8) is 0 Å². The van der Waals surface area contributed by atoms with Gasteiger partial charge in [-0.15, -0.1) is 0 Å². The minimum absolute atomic E-state index is 0.0366. The molecular weight excluding hydrogens is 286 g/mol. The zero-order valence-corrected chi connectivity index (χ0v) is 14.1. The number of benzene rings is 1. The highest BCUT2D eigenvalue weighted by atomic mass is 32.2. The standard InChI is InChI=1S/C15H21N3S2/c1-5-13-17-15(20-18-13)19-8-12(16)14-10(3)6-9(2)7-11(14)4/h6-7,12H,5,8,16H2,1-4H3. The van der Waals surface area contributed by atoms with E-state index in [1.807, 2.05) is 0 Å². The second-order valence-electron chi connectivity index (χ2n) is 5.06. The highest BCUT2D eigenvalue weighted by Gasteiger charge is 2.14. The van der Waals surface area contributed by atoms with Crippen LogP contribution in [0.2, 0.25) is 0 Å². The van der Waals surface area contributed by atoms with E-state index in [4.69, 9.17) is 5.73 Å². The van der Waals surface area contributed by atoms with Gasteiger partial charge in [0.2, 0.25) is 0 Å². The summed E-state index contributed by atoms with van der Waals surface area (Å²) in [6.45, 7) is 8.47. The van der Waals surface area contributed by atoms with Gasteiger partial charge in [-0.3, -0.25) is 0 Å². The van der Waals surface area contributed by atoms with E-state index >= 15 is 0 Å². The first kappa shape index (κ1) is 15.5. The summed E-state index contributed by atoms with van der Waals surface area (Å²) in [5.41, 5.74) is 11.5. The molecule has 1 heterocycles. The Morgan fingerprint density at radius 1 is 1.25 bits per heavy atom. The van der Waals surface area contributed by atoms with Crippen LogP contribution in [0.4, 0.5) is 0 Å². The average molecular weight is 307 g/mol. The molecular formula is C15H21N3S2. The third-order valence-corrected chi connectivity index (χ3v) is 5.25. The fourth-order valence-electron chi connectivity index (χ4n) is 2.46. The lowest BCUT2D eigenvalue weighted by atomic mass is 9.95. The molecule has 0 fully saturated rings. The van der Waals surface area contributed by atoms with Gasteiger partial charge < -0.3 is 5.73 Å². The molecule has 1 aromatic heterocycles. The van der Waals surface area contributed by atoms with Gasteiger partial charge in [0, 0.05) is 18.2 Å². The number of nitrogens with two attached hydrogens (primary N) is 1. The minimum Gasteiger partial charge on any atom is -0.323 e. The molecule has 0 radical (unpaired) electrons. The normalized spacial score (nSPS) is 12.7. The van der Waals surface area contributed by atoms with Crippen molar-refractivity contribution < 1.29 is 0 Å². The third-order valence-electron chi connectivity index (χ3n) is 3.26. The molecule has 2 rings (SSSR count). The molecule has 0 bridgehead atoms. The molecule has 20 heavy (non-hydrogen) atoms. The van der Waals surface area contributed by atoms with Crippen LogP contribution < -0.4 is 5.73 Å². The molecule has 108 valence electrons. The number of hydrogen-bond donors (Lipinski definition) is 1. The van der Waals surface area contributed by atoms with Gasteiger partial charge in [-0.1, -0.05) is 36.4 Å². The van der Waals surface area contributed by atoms with Crippen LogP contribution in [-0.4, -0.2) is 15.1 Å². The quantitative estimate of drug-likeness (QED) is 0.853. The van der Waals surface area contributed by atoms with Gasteiger partial charge in [-0.2, -0.15) is 4.37 Å². The number of nitrogens with zero attached hydrogens (tertiary/aromatic N) is 2. The number of hydrogen-bond acceptors (Lipinski definition) is 5. The van der Waals surface area contributed by atoms with Crippen molar-refractivity contribution in [3.05, 3.63) is 40.2 Å². The first-order valence-corrected chi connectivity index (χ1v) is 8.55. The van der Waals surface area contributed by atoms with Gasteiger partial charge in [-0.25, -0.2) is 4.98 Å². The molecule has 0 spiro atoms. The zero-order chi connectivity index (χ0) is 14.7. The molecule has 2 N–H and O–H groups in total. The SMILES string of the molecule is CCc1nsc(SCC(N)c2c(C)cc(C)cc2C)n1. The maximum atomic E-state index is 6.37. The van der Waals surface area contributed by atoms with Gasteiger partial charge >= 0.3 is 0 Å². The number of thioether (sulfide) groups is 1.